The Kier molecular flexibility index (Phi) is 5.59. The monoisotopic (exact) mass is 275 g/mol. The zero-order valence-corrected chi connectivity index (χ0v) is 11.1. The van der Waals surface area contributed by atoms with Crippen LogP contribution >= 0.6 is 23.2 Å². The maximum atomic E-state index is 11.9. The molecule has 0 fully saturated rings. The fraction of sp³-hybridized carbons (Fsp3) is 0.417. The molecule has 17 heavy (non-hydrogen) atoms. The van der Waals surface area contributed by atoms with E-state index in [0.717, 1.165) is 6.42 Å². The number of rotatable bonds is 5. The minimum atomic E-state index is -0.289. The lowest BCUT2D eigenvalue weighted by Crippen LogP contribution is -2.34. The van der Waals surface area contributed by atoms with E-state index in [2.05, 4.69) is 5.32 Å². The predicted molar refractivity (Wildman–Crippen MR) is 70.0 cm³/mol. The van der Waals surface area contributed by atoms with Crippen molar-refractivity contribution in [1.82, 2.24) is 5.32 Å². The summed E-state index contributed by atoms with van der Waals surface area (Å²) >= 11 is 11.5. The number of hydrogen-bond acceptors (Lipinski definition) is 2. The first-order valence-electron chi connectivity index (χ1n) is 5.43. The van der Waals surface area contributed by atoms with E-state index in [4.69, 9.17) is 23.2 Å². The van der Waals surface area contributed by atoms with Gasteiger partial charge in [-0.1, -0.05) is 18.5 Å². The highest BCUT2D eigenvalue weighted by molar-refractivity contribution is 6.33. The molecule has 0 aliphatic carbocycles. The summed E-state index contributed by atoms with van der Waals surface area (Å²) in [4.78, 5) is 11.9. The van der Waals surface area contributed by atoms with Crippen LogP contribution in [-0.2, 0) is 0 Å². The first-order chi connectivity index (χ1) is 8.08. The molecule has 1 rings (SSSR count). The fourth-order valence-electron chi connectivity index (χ4n) is 1.46. The van der Waals surface area contributed by atoms with Gasteiger partial charge in [0.25, 0.3) is 5.91 Å². The fourth-order valence-corrected chi connectivity index (χ4v) is 1.93. The van der Waals surface area contributed by atoms with E-state index in [1.54, 1.807) is 0 Å². The van der Waals surface area contributed by atoms with Crippen LogP contribution in [0.15, 0.2) is 18.2 Å². The van der Waals surface area contributed by atoms with Gasteiger partial charge in [0.15, 0.2) is 0 Å². The van der Waals surface area contributed by atoms with Gasteiger partial charge in [0.1, 0.15) is 5.75 Å². The van der Waals surface area contributed by atoms with E-state index in [1.807, 2.05) is 6.92 Å². The lowest BCUT2D eigenvalue weighted by molar-refractivity contribution is 0.0935. The van der Waals surface area contributed by atoms with Gasteiger partial charge in [-0.3, -0.25) is 4.79 Å². The Hall–Kier alpha value is -0.930. The number of amides is 1. The summed E-state index contributed by atoms with van der Waals surface area (Å²) in [7, 11) is 0. The molecular formula is C12H15Cl2NO2. The Bertz CT molecular complexity index is 396. The van der Waals surface area contributed by atoms with E-state index in [1.165, 1.54) is 18.2 Å². The number of aromatic hydroxyl groups is 1. The molecule has 0 bridgehead atoms. The third-order valence-corrected chi connectivity index (χ3v) is 3.03. The predicted octanol–water partition coefficient (Wildman–Crippen LogP) is 3.18. The van der Waals surface area contributed by atoms with E-state index in [-0.39, 0.29) is 23.3 Å². The minimum Gasteiger partial charge on any atom is -0.508 e. The molecule has 0 radical (unpaired) electrons. The van der Waals surface area contributed by atoms with Crippen LogP contribution in [-0.4, -0.2) is 22.9 Å². The Balaban J connectivity index is 2.78. The Morgan fingerprint density at radius 2 is 2.24 bits per heavy atom. The third kappa shape index (κ3) is 4.10. The van der Waals surface area contributed by atoms with Crippen molar-refractivity contribution < 1.29 is 9.90 Å². The highest BCUT2D eigenvalue weighted by Gasteiger charge is 2.15. The third-order valence-electron chi connectivity index (χ3n) is 2.48. The van der Waals surface area contributed by atoms with Crippen LogP contribution in [0.3, 0.4) is 0 Å². The average molecular weight is 276 g/mol. The number of carbonyl (C=O) groups is 1. The molecule has 3 nitrogen and oxygen atoms in total. The largest absolute Gasteiger partial charge is 0.508 e. The Morgan fingerprint density at radius 1 is 1.53 bits per heavy atom. The van der Waals surface area contributed by atoms with Gasteiger partial charge in [-0.05, 0) is 31.0 Å². The molecular weight excluding hydrogens is 261 g/mol. The van der Waals surface area contributed by atoms with Crippen LogP contribution in [0.4, 0.5) is 0 Å². The highest BCUT2D eigenvalue weighted by Crippen LogP contribution is 2.21. The first-order valence-corrected chi connectivity index (χ1v) is 6.35. The zero-order chi connectivity index (χ0) is 12.8. The van der Waals surface area contributed by atoms with E-state index in [0.29, 0.717) is 17.3 Å². The summed E-state index contributed by atoms with van der Waals surface area (Å²) in [6, 6.07) is 4.31. The Morgan fingerprint density at radius 3 is 2.82 bits per heavy atom. The molecule has 0 spiro atoms. The molecule has 1 atom stereocenters. The number of alkyl halides is 1. The molecule has 94 valence electrons. The van der Waals surface area contributed by atoms with Gasteiger partial charge < -0.3 is 10.4 Å². The second-order valence-corrected chi connectivity index (χ2v) is 4.51. The molecule has 1 aromatic rings. The molecule has 0 aliphatic rings. The van der Waals surface area contributed by atoms with Crippen molar-refractivity contribution in [2.24, 2.45) is 0 Å². The van der Waals surface area contributed by atoms with Crippen LogP contribution in [0.2, 0.25) is 5.02 Å². The SMILES string of the molecule is CCC(CCCl)NC(=O)c1cc(O)ccc1Cl. The van der Waals surface area contributed by atoms with Gasteiger partial charge >= 0.3 is 0 Å². The molecule has 1 unspecified atom stereocenters. The maximum Gasteiger partial charge on any atom is 0.253 e. The first kappa shape index (κ1) is 14.1. The van der Waals surface area contributed by atoms with Gasteiger partial charge in [-0.2, -0.15) is 0 Å². The van der Waals surface area contributed by atoms with Gasteiger partial charge in [0.05, 0.1) is 10.6 Å². The normalized spacial score (nSPS) is 12.2. The van der Waals surface area contributed by atoms with Crippen molar-refractivity contribution in [1.29, 1.82) is 0 Å². The standard InChI is InChI=1S/C12H15Cl2NO2/c1-2-8(5-6-13)15-12(17)10-7-9(16)3-4-11(10)14/h3-4,7-8,16H,2,5-6H2,1H3,(H,15,17). The van der Waals surface area contributed by atoms with E-state index < -0.39 is 0 Å². The Labute approximate surface area is 111 Å². The molecule has 0 heterocycles. The summed E-state index contributed by atoms with van der Waals surface area (Å²) in [6.07, 6.45) is 1.51. The summed E-state index contributed by atoms with van der Waals surface area (Å²) in [5.41, 5.74) is 0.277. The molecule has 0 saturated heterocycles. The van der Waals surface area contributed by atoms with Crippen LogP contribution in [0.5, 0.6) is 5.75 Å². The molecule has 5 heteroatoms. The van der Waals surface area contributed by atoms with Crippen molar-refractivity contribution in [3.05, 3.63) is 28.8 Å². The zero-order valence-electron chi connectivity index (χ0n) is 9.54. The second-order valence-electron chi connectivity index (χ2n) is 3.72. The number of benzene rings is 1. The number of carbonyl (C=O) groups excluding carboxylic acids is 1. The quantitative estimate of drug-likeness (QED) is 0.811. The summed E-state index contributed by atoms with van der Waals surface area (Å²) in [5.74, 6) is 0.222. The van der Waals surface area contributed by atoms with Crippen LogP contribution in [0.25, 0.3) is 0 Å². The number of hydrogen-bond donors (Lipinski definition) is 2. The average Bonchev–Trinajstić information content (AvgIpc) is 2.31. The van der Waals surface area contributed by atoms with Crippen molar-refractivity contribution in [2.75, 3.05) is 5.88 Å². The molecule has 1 aromatic carbocycles. The number of halogens is 2. The highest BCUT2D eigenvalue weighted by atomic mass is 35.5. The number of phenolic OH excluding ortho intramolecular Hbond substituents is 1. The number of nitrogens with one attached hydrogen (secondary N) is 1. The van der Waals surface area contributed by atoms with Crippen LogP contribution in [0.1, 0.15) is 30.1 Å². The van der Waals surface area contributed by atoms with Crippen molar-refractivity contribution >= 4 is 29.1 Å². The number of phenols is 1. The van der Waals surface area contributed by atoms with Gasteiger partial charge in [0, 0.05) is 11.9 Å². The summed E-state index contributed by atoms with van der Waals surface area (Å²) < 4.78 is 0. The van der Waals surface area contributed by atoms with Crippen LogP contribution in [0, 0.1) is 0 Å². The molecule has 0 saturated carbocycles. The lowest BCUT2D eigenvalue weighted by atomic mass is 10.1. The van der Waals surface area contributed by atoms with Crippen molar-refractivity contribution in [3.63, 3.8) is 0 Å². The van der Waals surface area contributed by atoms with E-state index in [9.17, 15) is 9.90 Å². The topological polar surface area (TPSA) is 49.3 Å². The molecule has 0 aliphatic heterocycles. The van der Waals surface area contributed by atoms with Gasteiger partial charge in [-0.25, -0.2) is 0 Å². The van der Waals surface area contributed by atoms with Crippen molar-refractivity contribution in [2.45, 2.75) is 25.8 Å². The minimum absolute atomic E-state index is 0.0185. The maximum absolute atomic E-state index is 11.9. The van der Waals surface area contributed by atoms with Gasteiger partial charge in [0.2, 0.25) is 0 Å². The van der Waals surface area contributed by atoms with Crippen LogP contribution < -0.4 is 5.32 Å². The lowest BCUT2D eigenvalue weighted by Gasteiger charge is -2.16. The van der Waals surface area contributed by atoms with Crippen molar-refractivity contribution in [3.8, 4) is 5.75 Å². The molecule has 1 amide bonds. The summed E-state index contributed by atoms with van der Waals surface area (Å²) in [5, 5.41) is 12.5. The smallest absolute Gasteiger partial charge is 0.253 e. The molecule has 2 N–H and O–H groups in total. The molecule has 0 aromatic heterocycles. The van der Waals surface area contributed by atoms with E-state index >= 15 is 0 Å². The summed E-state index contributed by atoms with van der Waals surface area (Å²) in [6.45, 7) is 1.97. The second kappa shape index (κ2) is 6.72. The van der Waals surface area contributed by atoms with Gasteiger partial charge in [-0.15, -0.1) is 11.6 Å².